The molecule has 0 aromatic heterocycles. The van der Waals surface area contributed by atoms with E-state index < -0.39 is 29.7 Å². The Morgan fingerprint density at radius 1 is 1.29 bits per heavy atom. The Bertz CT molecular complexity index is 286. The normalized spacial score (nSPS) is 14.2. The fraction of sp³-hybridized carbons (Fsp3) is 0.727. The molecular weight excluding hydrogens is 226 g/mol. The summed E-state index contributed by atoms with van der Waals surface area (Å²) in [5.74, 6) is -3.42. The molecule has 0 rings (SSSR count). The van der Waals surface area contributed by atoms with Crippen molar-refractivity contribution < 1.29 is 24.2 Å². The topological polar surface area (TPSA) is 107 Å². The van der Waals surface area contributed by atoms with E-state index in [1.807, 2.05) is 0 Å². The summed E-state index contributed by atoms with van der Waals surface area (Å²) in [6.07, 6.45) is -0.0266. The highest BCUT2D eigenvalue weighted by atomic mass is 16.5. The van der Waals surface area contributed by atoms with Crippen molar-refractivity contribution in [2.24, 2.45) is 17.6 Å². The van der Waals surface area contributed by atoms with Gasteiger partial charge in [0, 0.05) is 6.42 Å². The number of carbonyl (C=O) groups excluding carboxylic acids is 2. The number of carbonyl (C=O) groups is 3. The van der Waals surface area contributed by atoms with Crippen molar-refractivity contribution in [2.45, 2.75) is 33.2 Å². The Hall–Kier alpha value is -1.43. The van der Waals surface area contributed by atoms with E-state index in [-0.39, 0.29) is 18.9 Å². The van der Waals surface area contributed by atoms with Crippen LogP contribution >= 0.6 is 0 Å². The lowest BCUT2D eigenvalue weighted by atomic mass is 10.0. The largest absolute Gasteiger partial charge is 0.481 e. The number of esters is 1. The van der Waals surface area contributed by atoms with Gasteiger partial charge in [-0.25, -0.2) is 0 Å². The Morgan fingerprint density at radius 2 is 1.82 bits per heavy atom. The van der Waals surface area contributed by atoms with Gasteiger partial charge in [-0.15, -0.1) is 0 Å². The standard InChI is InChI=1S/C11H19NO5/c1-6(2)9(12)11(16)17-5-4-8(7(3)13)10(14)15/h6,8-9H,4-5,12H2,1-3H3,(H,14,15)/t8?,9-/m0/s1. The quantitative estimate of drug-likeness (QED) is 0.490. The number of rotatable bonds is 7. The van der Waals surface area contributed by atoms with Crippen LogP contribution < -0.4 is 5.73 Å². The average Bonchev–Trinajstić information content (AvgIpc) is 2.21. The second-order valence-corrected chi connectivity index (χ2v) is 4.23. The summed E-state index contributed by atoms with van der Waals surface area (Å²) in [7, 11) is 0. The van der Waals surface area contributed by atoms with Gasteiger partial charge in [0.05, 0.1) is 6.61 Å². The van der Waals surface area contributed by atoms with Crippen molar-refractivity contribution in [3.8, 4) is 0 Å². The molecule has 3 N–H and O–H groups in total. The maximum Gasteiger partial charge on any atom is 0.323 e. The number of carboxylic acid groups (broad SMARTS) is 1. The number of carboxylic acids is 1. The fourth-order valence-electron chi connectivity index (χ4n) is 1.15. The number of Topliss-reactive ketones (excluding diaryl/α,β-unsaturated/α-hetero) is 1. The lowest BCUT2D eigenvalue weighted by Gasteiger charge is -2.15. The Labute approximate surface area is 100 Å². The Kier molecular flexibility index (Phi) is 6.42. The lowest BCUT2D eigenvalue weighted by molar-refractivity contribution is -0.151. The first-order valence-corrected chi connectivity index (χ1v) is 5.42. The molecule has 98 valence electrons. The monoisotopic (exact) mass is 245 g/mol. The minimum absolute atomic E-state index is 0.0266. The molecule has 1 unspecified atom stereocenters. The Balaban J connectivity index is 4.10. The molecule has 0 aliphatic heterocycles. The van der Waals surface area contributed by atoms with E-state index in [1.54, 1.807) is 13.8 Å². The van der Waals surface area contributed by atoms with Crippen molar-refractivity contribution in [1.29, 1.82) is 0 Å². The molecule has 0 fully saturated rings. The SMILES string of the molecule is CC(=O)C(CCOC(=O)[C@@H](N)C(C)C)C(=O)O. The maximum absolute atomic E-state index is 11.3. The molecule has 0 aliphatic rings. The van der Waals surface area contributed by atoms with Crippen LogP contribution in [0.2, 0.25) is 0 Å². The first kappa shape index (κ1) is 15.6. The van der Waals surface area contributed by atoms with Gasteiger partial charge in [0.25, 0.3) is 0 Å². The van der Waals surface area contributed by atoms with Crippen molar-refractivity contribution in [2.75, 3.05) is 6.61 Å². The zero-order chi connectivity index (χ0) is 13.6. The predicted octanol–water partition coefficient (Wildman–Crippen LogP) is 0.193. The van der Waals surface area contributed by atoms with Crippen molar-refractivity contribution >= 4 is 17.7 Å². The van der Waals surface area contributed by atoms with Crippen LogP contribution in [0.1, 0.15) is 27.2 Å². The van der Waals surface area contributed by atoms with Crippen LogP contribution in [0, 0.1) is 11.8 Å². The summed E-state index contributed by atoms with van der Waals surface area (Å²) >= 11 is 0. The van der Waals surface area contributed by atoms with Gasteiger partial charge in [0.2, 0.25) is 0 Å². The molecule has 0 saturated heterocycles. The molecule has 17 heavy (non-hydrogen) atoms. The first-order chi connectivity index (χ1) is 7.77. The van der Waals surface area contributed by atoms with Gasteiger partial charge in [-0.3, -0.25) is 14.4 Å². The van der Waals surface area contributed by atoms with Gasteiger partial charge in [-0.1, -0.05) is 13.8 Å². The van der Waals surface area contributed by atoms with Gasteiger partial charge in [-0.05, 0) is 12.8 Å². The van der Waals surface area contributed by atoms with Crippen molar-refractivity contribution in [1.82, 2.24) is 0 Å². The number of aliphatic carboxylic acids is 1. The summed E-state index contributed by atoms with van der Waals surface area (Å²) in [4.78, 5) is 33.0. The number of ketones is 1. The van der Waals surface area contributed by atoms with Gasteiger partial charge in [0.15, 0.2) is 0 Å². The molecule has 6 heteroatoms. The fourth-order valence-corrected chi connectivity index (χ4v) is 1.15. The zero-order valence-electron chi connectivity index (χ0n) is 10.3. The number of hydrogen-bond acceptors (Lipinski definition) is 5. The molecule has 6 nitrogen and oxygen atoms in total. The van der Waals surface area contributed by atoms with E-state index in [0.717, 1.165) is 0 Å². The van der Waals surface area contributed by atoms with E-state index in [0.29, 0.717) is 0 Å². The molecule has 0 spiro atoms. The van der Waals surface area contributed by atoms with Crippen LogP contribution in [0.25, 0.3) is 0 Å². The molecule has 0 amide bonds. The highest BCUT2D eigenvalue weighted by Crippen LogP contribution is 2.07. The number of ether oxygens (including phenoxy) is 1. The first-order valence-electron chi connectivity index (χ1n) is 5.42. The lowest BCUT2D eigenvalue weighted by Crippen LogP contribution is -2.37. The second-order valence-electron chi connectivity index (χ2n) is 4.23. The third kappa shape index (κ3) is 5.44. The van der Waals surface area contributed by atoms with E-state index >= 15 is 0 Å². The van der Waals surface area contributed by atoms with Crippen molar-refractivity contribution in [3.63, 3.8) is 0 Å². The maximum atomic E-state index is 11.3. The van der Waals surface area contributed by atoms with Gasteiger partial charge in [-0.2, -0.15) is 0 Å². The van der Waals surface area contributed by atoms with Gasteiger partial charge >= 0.3 is 11.9 Å². The third-order valence-electron chi connectivity index (χ3n) is 2.43. The van der Waals surface area contributed by atoms with Crippen LogP contribution in [-0.2, 0) is 19.1 Å². The third-order valence-corrected chi connectivity index (χ3v) is 2.43. The zero-order valence-corrected chi connectivity index (χ0v) is 10.3. The van der Waals surface area contributed by atoms with Crippen LogP contribution in [0.4, 0.5) is 0 Å². The van der Waals surface area contributed by atoms with Crippen LogP contribution in [0.5, 0.6) is 0 Å². The number of nitrogens with two attached hydrogens (primary N) is 1. The molecular formula is C11H19NO5. The predicted molar refractivity (Wildman–Crippen MR) is 60.2 cm³/mol. The summed E-state index contributed by atoms with van der Waals surface area (Å²) in [5.41, 5.74) is 5.54. The average molecular weight is 245 g/mol. The van der Waals surface area contributed by atoms with Crippen molar-refractivity contribution in [3.05, 3.63) is 0 Å². The molecule has 0 aliphatic carbocycles. The molecule has 2 atom stereocenters. The molecule has 0 aromatic rings. The smallest absolute Gasteiger partial charge is 0.323 e. The van der Waals surface area contributed by atoms with Gasteiger partial charge in [0.1, 0.15) is 17.7 Å². The van der Waals surface area contributed by atoms with E-state index in [4.69, 9.17) is 15.6 Å². The van der Waals surface area contributed by atoms with Gasteiger partial charge < -0.3 is 15.6 Å². The molecule has 0 heterocycles. The molecule has 0 radical (unpaired) electrons. The summed E-state index contributed by atoms with van der Waals surface area (Å²) in [6.45, 7) is 4.64. The molecule has 0 aromatic carbocycles. The minimum Gasteiger partial charge on any atom is -0.481 e. The molecule has 0 saturated carbocycles. The summed E-state index contributed by atoms with van der Waals surface area (Å²) < 4.78 is 4.82. The van der Waals surface area contributed by atoms with Crippen LogP contribution in [0.3, 0.4) is 0 Å². The summed E-state index contributed by atoms with van der Waals surface area (Å²) in [5, 5.41) is 8.72. The Morgan fingerprint density at radius 3 is 2.18 bits per heavy atom. The highest BCUT2D eigenvalue weighted by Gasteiger charge is 2.24. The summed E-state index contributed by atoms with van der Waals surface area (Å²) in [6, 6.07) is -0.726. The highest BCUT2D eigenvalue weighted by molar-refractivity contribution is 5.96. The number of hydrogen-bond donors (Lipinski definition) is 2. The van der Waals surface area contributed by atoms with E-state index in [9.17, 15) is 14.4 Å². The van der Waals surface area contributed by atoms with E-state index in [2.05, 4.69) is 0 Å². The second kappa shape index (κ2) is 7.01. The van der Waals surface area contributed by atoms with Crippen LogP contribution in [-0.4, -0.2) is 35.5 Å². The van der Waals surface area contributed by atoms with E-state index in [1.165, 1.54) is 6.92 Å². The minimum atomic E-state index is -1.21. The van der Waals surface area contributed by atoms with Crippen LogP contribution in [0.15, 0.2) is 0 Å². The molecule has 0 bridgehead atoms.